The minimum Gasteiger partial charge on any atom is -0.496 e. The van der Waals surface area contributed by atoms with E-state index in [1.807, 2.05) is 30.5 Å². The highest BCUT2D eigenvalue weighted by Crippen LogP contribution is 2.28. The Bertz CT molecular complexity index is 586. The molecule has 5 nitrogen and oxygen atoms in total. The molecule has 1 aromatic heterocycles. The molecule has 112 valence electrons. The minimum absolute atomic E-state index is 0.675. The standard InChI is InChI=1S/C16H22N4O/c1-3-13-14(18-10-6-9-17)11-19-16(20-13)12-7-4-5-8-15(12)21-2/h4-5,7-8,11,18H,3,6,9-10,17H2,1-2H3. The van der Waals surface area contributed by atoms with E-state index in [1.165, 1.54) is 0 Å². The third-order valence-corrected chi connectivity index (χ3v) is 3.25. The molecule has 0 unspecified atom stereocenters. The van der Waals surface area contributed by atoms with Crippen molar-refractivity contribution < 1.29 is 4.74 Å². The Morgan fingerprint density at radius 2 is 2.10 bits per heavy atom. The van der Waals surface area contributed by atoms with Crippen molar-refractivity contribution in [3.8, 4) is 17.1 Å². The summed E-state index contributed by atoms with van der Waals surface area (Å²) in [6.45, 7) is 3.60. The van der Waals surface area contributed by atoms with E-state index in [0.29, 0.717) is 12.4 Å². The SMILES string of the molecule is CCc1nc(-c2ccccc2OC)ncc1NCCCN. The molecule has 1 heterocycles. The first kappa shape index (κ1) is 15.3. The first-order valence-electron chi connectivity index (χ1n) is 7.23. The average Bonchev–Trinajstić information content (AvgIpc) is 2.55. The lowest BCUT2D eigenvalue weighted by Gasteiger charge is -2.12. The van der Waals surface area contributed by atoms with Crippen LogP contribution < -0.4 is 15.8 Å². The molecule has 2 rings (SSSR count). The summed E-state index contributed by atoms with van der Waals surface area (Å²) in [5.41, 5.74) is 8.40. The van der Waals surface area contributed by atoms with Gasteiger partial charge >= 0.3 is 0 Å². The van der Waals surface area contributed by atoms with Gasteiger partial charge in [-0.2, -0.15) is 0 Å². The number of anilines is 1. The molecular weight excluding hydrogens is 264 g/mol. The molecule has 2 aromatic rings. The number of nitrogens with one attached hydrogen (secondary N) is 1. The molecule has 1 aromatic carbocycles. The maximum Gasteiger partial charge on any atom is 0.163 e. The Morgan fingerprint density at radius 3 is 2.81 bits per heavy atom. The normalized spacial score (nSPS) is 10.4. The van der Waals surface area contributed by atoms with Gasteiger partial charge in [-0.25, -0.2) is 9.97 Å². The molecule has 0 aliphatic heterocycles. The van der Waals surface area contributed by atoms with Crippen molar-refractivity contribution >= 4 is 5.69 Å². The van der Waals surface area contributed by atoms with Crippen molar-refractivity contribution in [1.29, 1.82) is 0 Å². The fraction of sp³-hybridized carbons (Fsp3) is 0.375. The van der Waals surface area contributed by atoms with Crippen LogP contribution in [0.3, 0.4) is 0 Å². The number of nitrogens with two attached hydrogens (primary N) is 1. The highest BCUT2D eigenvalue weighted by atomic mass is 16.5. The predicted molar refractivity (Wildman–Crippen MR) is 85.6 cm³/mol. The minimum atomic E-state index is 0.675. The molecule has 0 radical (unpaired) electrons. The van der Waals surface area contributed by atoms with Gasteiger partial charge < -0.3 is 15.8 Å². The molecule has 0 saturated carbocycles. The number of benzene rings is 1. The summed E-state index contributed by atoms with van der Waals surface area (Å²) in [5.74, 6) is 1.47. The van der Waals surface area contributed by atoms with E-state index in [2.05, 4.69) is 22.2 Å². The molecule has 5 heteroatoms. The summed E-state index contributed by atoms with van der Waals surface area (Å²) >= 11 is 0. The highest BCUT2D eigenvalue weighted by molar-refractivity contribution is 5.65. The number of hydrogen-bond donors (Lipinski definition) is 2. The van der Waals surface area contributed by atoms with Crippen LogP contribution >= 0.6 is 0 Å². The van der Waals surface area contributed by atoms with Crippen LogP contribution in [0, 0.1) is 0 Å². The maximum atomic E-state index is 5.51. The van der Waals surface area contributed by atoms with Crippen LogP contribution in [0.4, 0.5) is 5.69 Å². The van der Waals surface area contributed by atoms with Crippen molar-refractivity contribution in [1.82, 2.24) is 9.97 Å². The van der Waals surface area contributed by atoms with Crippen LogP contribution in [-0.4, -0.2) is 30.2 Å². The van der Waals surface area contributed by atoms with Crippen LogP contribution in [0.5, 0.6) is 5.75 Å². The summed E-state index contributed by atoms with van der Waals surface area (Å²) in [4.78, 5) is 9.12. The number of aryl methyl sites for hydroxylation is 1. The third kappa shape index (κ3) is 3.70. The molecule has 0 saturated heterocycles. The highest BCUT2D eigenvalue weighted by Gasteiger charge is 2.11. The number of rotatable bonds is 7. The van der Waals surface area contributed by atoms with E-state index >= 15 is 0 Å². The van der Waals surface area contributed by atoms with E-state index in [0.717, 1.165) is 42.1 Å². The van der Waals surface area contributed by atoms with Gasteiger partial charge in [0.1, 0.15) is 5.75 Å². The zero-order valence-corrected chi connectivity index (χ0v) is 12.6. The molecule has 21 heavy (non-hydrogen) atoms. The second-order valence-electron chi connectivity index (χ2n) is 4.68. The molecule has 0 atom stereocenters. The quantitative estimate of drug-likeness (QED) is 0.765. The lowest BCUT2D eigenvalue weighted by Crippen LogP contribution is -2.11. The summed E-state index contributed by atoms with van der Waals surface area (Å²) in [6, 6.07) is 7.78. The molecule has 0 aliphatic rings. The van der Waals surface area contributed by atoms with Crippen LogP contribution in [0.1, 0.15) is 19.0 Å². The maximum absolute atomic E-state index is 5.51. The van der Waals surface area contributed by atoms with Crippen LogP contribution in [0.25, 0.3) is 11.4 Å². The predicted octanol–water partition coefficient (Wildman–Crippen LogP) is 2.48. The monoisotopic (exact) mass is 286 g/mol. The smallest absolute Gasteiger partial charge is 0.163 e. The van der Waals surface area contributed by atoms with E-state index in [4.69, 9.17) is 10.5 Å². The van der Waals surface area contributed by atoms with Gasteiger partial charge in [-0.1, -0.05) is 19.1 Å². The fourth-order valence-corrected chi connectivity index (χ4v) is 2.12. The van der Waals surface area contributed by atoms with Gasteiger partial charge in [0.2, 0.25) is 0 Å². The third-order valence-electron chi connectivity index (χ3n) is 3.25. The van der Waals surface area contributed by atoms with E-state index in [-0.39, 0.29) is 0 Å². The number of aromatic nitrogens is 2. The van der Waals surface area contributed by atoms with E-state index in [9.17, 15) is 0 Å². The first-order chi connectivity index (χ1) is 10.3. The number of hydrogen-bond acceptors (Lipinski definition) is 5. The topological polar surface area (TPSA) is 73.1 Å². The van der Waals surface area contributed by atoms with Gasteiger partial charge in [0, 0.05) is 6.54 Å². The Labute approximate surface area is 125 Å². The van der Waals surface area contributed by atoms with Crippen LogP contribution in [-0.2, 0) is 6.42 Å². The first-order valence-corrected chi connectivity index (χ1v) is 7.23. The van der Waals surface area contributed by atoms with Crippen molar-refractivity contribution in [2.75, 3.05) is 25.5 Å². The Hall–Kier alpha value is -2.14. The molecule has 3 N–H and O–H groups in total. The van der Waals surface area contributed by atoms with Crippen molar-refractivity contribution in [3.63, 3.8) is 0 Å². The Balaban J connectivity index is 2.30. The van der Waals surface area contributed by atoms with Gasteiger partial charge in [0.05, 0.1) is 30.3 Å². The Kier molecular flexibility index (Phi) is 5.51. The van der Waals surface area contributed by atoms with E-state index in [1.54, 1.807) is 7.11 Å². The fourth-order valence-electron chi connectivity index (χ4n) is 2.12. The lowest BCUT2D eigenvalue weighted by atomic mass is 10.1. The second-order valence-corrected chi connectivity index (χ2v) is 4.68. The summed E-state index contributed by atoms with van der Waals surface area (Å²) in [7, 11) is 1.66. The number of para-hydroxylation sites is 1. The Morgan fingerprint density at radius 1 is 1.29 bits per heavy atom. The molecule has 0 spiro atoms. The molecule has 0 amide bonds. The van der Waals surface area contributed by atoms with Gasteiger partial charge in [0.15, 0.2) is 5.82 Å². The number of nitrogens with zero attached hydrogens (tertiary/aromatic N) is 2. The number of methoxy groups -OCH3 is 1. The lowest BCUT2D eigenvalue weighted by molar-refractivity contribution is 0.416. The summed E-state index contributed by atoms with van der Waals surface area (Å²) in [5, 5.41) is 3.34. The van der Waals surface area contributed by atoms with Gasteiger partial charge in [0.25, 0.3) is 0 Å². The van der Waals surface area contributed by atoms with Gasteiger partial charge in [-0.3, -0.25) is 0 Å². The average molecular weight is 286 g/mol. The van der Waals surface area contributed by atoms with Gasteiger partial charge in [-0.15, -0.1) is 0 Å². The summed E-state index contributed by atoms with van der Waals surface area (Å²) in [6.07, 6.45) is 3.61. The molecular formula is C16H22N4O. The number of ether oxygens (including phenoxy) is 1. The zero-order chi connectivity index (χ0) is 15.1. The van der Waals surface area contributed by atoms with Crippen LogP contribution in [0.2, 0.25) is 0 Å². The van der Waals surface area contributed by atoms with Crippen LogP contribution in [0.15, 0.2) is 30.5 Å². The molecule has 0 bridgehead atoms. The summed E-state index contributed by atoms with van der Waals surface area (Å²) < 4.78 is 5.37. The van der Waals surface area contributed by atoms with Gasteiger partial charge in [-0.05, 0) is 31.5 Å². The second kappa shape index (κ2) is 7.59. The zero-order valence-electron chi connectivity index (χ0n) is 12.6. The molecule has 0 aliphatic carbocycles. The molecule has 0 fully saturated rings. The van der Waals surface area contributed by atoms with Crippen molar-refractivity contribution in [3.05, 3.63) is 36.2 Å². The van der Waals surface area contributed by atoms with Crippen molar-refractivity contribution in [2.45, 2.75) is 19.8 Å². The van der Waals surface area contributed by atoms with Crippen molar-refractivity contribution in [2.24, 2.45) is 5.73 Å². The van der Waals surface area contributed by atoms with E-state index < -0.39 is 0 Å². The largest absolute Gasteiger partial charge is 0.496 e.